The molecule has 0 radical (unpaired) electrons. The van der Waals surface area contributed by atoms with E-state index in [1.807, 2.05) is 12.2 Å². The highest BCUT2D eigenvalue weighted by Gasteiger charge is 2.77. The summed E-state index contributed by atoms with van der Waals surface area (Å²) in [7, 11) is 0. The predicted molar refractivity (Wildman–Crippen MR) is 55.1 cm³/mol. The molecule has 0 unspecified atom stereocenters. The minimum atomic E-state index is -0.557. The first-order chi connectivity index (χ1) is 7.72. The van der Waals surface area contributed by atoms with Crippen LogP contribution in [-0.4, -0.2) is 11.9 Å². The molecule has 82 valence electrons. The minimum absolute atomic E-state index is 0.210. The molecule has 3 aliphatic carbocycles. The summed E-state index contributed by atoms with van der Waals surface area (Å²) in [5.74, 6) is -0.139. The molecule has 16 heavy (non-hydrogen) atoms. The lowest BCUT2D eigenvalue weighted by Gasteiger charge is -2.42. The van der Waals surface area contributed by atoms with E-state index in [0.29, 0.717) is 12.8 Å². The first kappa shape index (κ1) is 8.74. The highest BCUT2D eigenvalue weighted by atomic mass is 16.6. The Balaban J connectivity index is 2.05. The quantitative estimate of drug-likeness (QED) is 0.351. The van der Waals surface area contributed by atoms with Crippen molar-refractivity contribution >= 4 is 11.9 Å². The summed E-state index contributed by atoms with van der Waals surface area (Å²) in [4.78, 5) is 24.2. The molecule has 1 heterocycles. The molecule has 3 nitrogen and oxygen atoms in total. The van der Waals surface area contributed by atoms with Gasteiger partial charge in [0.1, 0.15) is 0 Å². The molecule has 4 aliphatic rings. The van der Waals surface area contributed by atoms with Crippen LogP contribution in [0, 0.1) is 22.7 Å². The average Bonchev–Trinajstić information content (AvgIpc) is 2.92. The number of carbonyl (C=O) groups excluding carboxylic acids is 2. The Kier molecular flexibility index (Phi) is 1.26. The molecule has 0 amide bonds. The van der Waals surface area contributed by atoms with Crippen LogP contribution in [0.2, 0.25) is 0 Å². The predicted octanol–water partition coefficient (Wildman–Crippen LogP) is 1.60. The van der Waals surface area contributed by atoms with Gasteiger partial charge in [-0.15, -0.1) is 0 Å². The van der Waals surface area contributed by atoms with Gasteiger partial charge in [0.2, 0.25) is 0 Å². The van der Waals surface area contributed by atoms with Crippen molar-refractivity contribution in [3.8, 4) is 0 Å². The summed E-state index contributed by atoms with van der Waals surface area (Å²) >= 11 is 0. The second kappa shape index (κ2) is 2.31. The number of rotatable bonds is 0. The molecule has 0 spiro atoms. The van der Waals surface area contributed by atoms with Crippen molar-refractivity contribution in [3.63, 3.8) is 0 Å². The SMILES string of the molecule is O=C1OC(=O)[C@@]23CC=CC[C@@]12[C@@H]1C=C[C@H]3C1. The lowest BCUT2D eigenvalue weighted by Crippen LogP contribution is -2.48. The van der Waals surface area contributed by atoms with Gasteiger partial charge in [-0.2, -0.15) is 0 Å². The number of carbonyl (C=O) groups is 2. The van der Waals surface area contributed by atoms with E-state index >= 15 is 0 Å². The van der Waals surface area contributed by atoms with Gasteiger partial charge in [-0.1, -0.05) is 24.3 Å². The Morgan fingerprint density at radius 1 is 1.00 bits per heavy atom. The summed E-state index contributed by atoms with van der Waals surface area (Å²) in [6.45, 7) is 0. The summed E-state index contributed by atoms with van der Waals surface area (Å²) in [6.07, 6.45) is 10.6. The van der Waals surface area contributed by atoms with E-state index in [4.69, 9.17) is 4.74 Å². The molecule has 1 saturated carbocycles. The molecule has 1 aliphatic heterocycles. The normalized spacial score (nSPS) is 51.8. The third kappa shape index (κ3) is 0.593. The van der Waals surface area contributed by atoms with Crippen molar-refractivity contribution in [1.82, 2.24) is 0 Å². The minimum Gasteiger partial charge on any atom is -0.392 e. The van der Waals surface area contributed by atoms with Gasteiger partial charge < -0.3 is 4.74 Å². The van der Waals surface area contributed by atoms with E-state index in [-0.39, 0.29) is 23.8 Å². The van der Waals surface area contributed by atoms with E-state index in [9.17, 15) is 9.59 Å². The summed E-state index contributed by atoms with van der Waals surface area (Å²) in [5, 5.41) is 0. The number of allylic oxidation sites excluding steroid dienone is 4. The number of hydrogen-bond acceptors (Lipinski definition) is 3. The fourth-order valence-electron chi connectivity index (χ4n) is 4.40. The fourth-order valence-corrected chi connectivity index (χ4v) is 4.40. The van der Waals surface area contributed by atoms with Gasteiger partial charge >= 0.3 is 11.9 Å². The summed E-state index contributed by atoms with van der Waals surface area (Å²) in [5.41, 5.74) is -1.11. The molecule has 4 atom stereocenters. The highest BCUT2D eigenvalue weighted by Crippen LogP contribution is 2.71. The molecule has 4 rings (SSSR count). The number of cyclic esters (lactones) is 2. The molecule has 2 fully saturated rings. The third-order valence-corrected chi connectivity index (χ3v) is 5.11. The monoisotopic (exact) mass is 216 g/mol. The number of esters is 2. The van der Waals surface area contributed by atoms with E-state index in [2.05, 4.69) is 12.2 Å². The van der Waals surface area contributed by atoms with Crippen LogP contribution in [-0.2, 0) is 14.3 Å². The molecular formula is C13H12O3. The van der Waals surface area contributed by atoms with Gasteiger partial charge in [-0.25, -0.2) is 0 Å². The molecule has 3 heteroatoms. The van der Waals surface area contributed by atoms with Gasteiger partial charge in [0.05, 0.1) is 10.8 Å². The zero-order valence-electron chi connectivity index (χ0n) is 8.81. The Morgan fingerprint density at radius 2 is 1.50 bits per heavy atom. The van der Waals surface area contributed by atoms with Crippen molar-refractivity contribution in [3.05, 3.63) is 24.3 Å². The highest BCUT2D eigenvalue weighted by molar-refractivity contribution is 6.04. The van der Waals surface area contributed by atoms with E-state index in [1.165, 1.54) is 0 Å². The van der Waals surface area contributed by atoms with Crippen LogP contribution < -0.4 is 0 Å². The maximum absolute atomic E-state index is 12.1. The van der Waals surface area contributed by atoms with E-state index < -0.39 is 10.8 Å². The zero-order valence-corrected chi connectivity index (χ0v) is 8.81. The standard InChI is InChI=1S/C13H12O3/c14-10-12-5-1-2-6-13(12,11(15)16-10)9-4-3-8(12)7-9/h1-4,8-9H,5-7H2/t8-,9+,12-,13+. The summed E-state index contributed by atoms with van der Waals surface area (Å²) < 4.78 is 4.98. The zero-order chi connectivity index (χ0) is 11.0. The molecule has 0 aromatic carbocycles. The first-order valence-electron chi connectivity index (χ1n) is 5.82. The average molecular weight is 216 g/mol. The van der Waals surface area contributed by atoms with Crippen LogP contribution >= 0.6 is 0 Å². The lowest BCUT2D eigenvalue weighted by molar-refractivity contribution is -0.157. The maximum atomic E-state index is 12.1. The molecule has 0 aromatic heterocycles. The number of fused-ring (bicyclic) bond motifs is 2. The second-order valence-corrected chi connectivity index (χ2v) is 5.33. The number of ether oxygens (including phenoxy) is 1. The van der Waals surface area contributed by atoms with E-state index in [1.54, 1.807) is 0 Å². The number of hydrogen-bond donors (Lipinski definition) is 0. The van der Waals surface area contributed by atoms with Crippen molar-refractivity contribution < 1.29 is 14.3 Å². The second-order valence-electron chi connectivity index (χ2n) is 5.33. The Morgan fingerprint density at radius 3 is 2.00 bits per heavy atom. The topological polar surface area (TPSA) is 43.4 Å². The van der Waals surface area contributed by atoms with Crippen LogP contribution in [0.15, 0.2) is 24.3 Å². The fraction of sp³-hybridized carbons (Fsp3) is 0.538. The van der Waals surface area contributed by atoms with Crippen LogP contribution in [0.25, 0.3) is 0 Å². The summed E-state index contributed by atoms with van der Waals surface area (Å²) in [6, 6.07) is 0. The Hall–Kier alpha value is -1.38. The van der Waals surface area contributed by atoms with Crippen LogP contribution in [0.1, 0.15) is 19.3 Å². The van der Waals surface area contributed by atoms with E-state index in [0.717, 1.165) is 6.42 Å². The lowest BCUT2D eigenvalue weighted by atomic mass is 9.54. The van der Waals surface area contributed by atoms with Crippen LogP contribution in [0.3, 0.4) is 0 Å². The van der Waals surface area contributed by atoms with Gasteiger partial charge in [-0.3, -0.25) is 9.59 Å². The van der Waals surface area contributed by atoms with Gasteiger partial charge in [-0.05, 0) is 31.1 Å². The molecule has 2 bridgehead atoms. The smallest absolute Gasteiger partial charge is 0.321 e. The first-order valence-corrected chi connectivity index (χ1v) is 5.82. The molecule has 0 N–H and O–H groups in total. The van der Waals surface area contributed by atoms with Crippen molar-refractivity contribution in [2.45, 2.75) is 19.3 Å². The third-order valence-electron chi connectivity index (χ3n) is 5.11. The van der Waals surface area contributed by atoms with Crippen molar-refractivity contribution in [1.29, 1.82) is 0 Å². The molecule has 0 aromatic rings. The van der Waals surface area contributed by atoms with Crippen LogP contribution in [0.4, 0.5) is 0 Å². The molecule has 1 saturated heterocycles. The van der Waals surface area contributed by atoms with Gasteiger partial charge in [0, 0.05) is 0 Å². The Bertz CT molecular complexity index is 436. The van der Waals surface area contributed by atoms with Gasteiger partial charge in [0.25, 0.3) is 0 Å². The Labute approximate surface area is 93.2 Å². The van der Waals surface area contributed by atoms with Crippen LogP contribution in [0.5, 0.6) is 0 Å². The van der Waals surface area contributed by atoms with Crippen molar-refractivity contribution in [2.24, 2.45) is 22.7 Å². The maximum Gasteiger partial charge on any atom is 0.321 e. The molecular weight excluding hydrogens is 204 g/mol. The van der Waals surface area contributed by atoms with Gasteiger partial charge in [0.15, 0.2) is 0 Å². The largest absolute Gasteiger partial charge is 0.392 e. The van der Waals surface area contributed by atoms with Crippen molar-refractivity contribution in [2.75, 3.05) is 0 Å².